The maximum Gasteiger partial charge on any atom is 0.103 e. The van der Waals surface area contributed by atoms with Crippen molar-refractivity contribution in [3.63, 3.8) is 0 Å². The number of nitrogens with zero attached hydrogens (tertiary/aromatic N) is 2. The van der Waals surface area contributed by atoms with Crippen LogP contribution >= 0.6 is 0 Å². The van der Waals surface area contributed by atoms with E-state index in [2.05, 4.69) is 9.97 Å². The molecule has 3 heteroatoms. The third-order valence-electron chi connectivity index (χ3n) is 1.46. The van der Waals surface area contributed by atoms with Crippen LogP contribution in [0.15, 0.2) is 12.4 Å². The molecule has 0 saturated carbocycles. The summed E-state index contributed by atoms with van der Waals surface area (Å²) >= 11 is 0. The Kier molecular flexibility index (Phi) is 1.91. The number of hydrogen-bond acceptors (Lipinski definition) is 3. The zero-order valence-corrected chi connectivity index (χ0v) is 7.00. The summed E-state index contributed by atoms with van der Waals surface area (Å²) in [6.45, 7) is 5.23. The lowest BCUT2D eigenvalue weighted by Crippen LogP contribution is -2.19. The van der Waals surface area contributed by atoms with Crippen LogP contribution in [-0.4, -0.2) is 15.1 Å². The van der Waals surface area contributed by atoms with Gasteiger partial charge < -0.3 is 5.11 Å². The first-order valence-corrected chi connectivity index (χ1v) is 3.52. The predicted molar refractivity (Wildman–Crippen MR) is 42.0 cm³/mol. The first kappa shape index (κ1) is 8.14. The fourth-order valence-corrected chi connectivity index (χ4v) is 1.01. The van der Waals surface area contributed by atoms with Gasteiger partial charge in [-0.05, 0) is 20.8 Å². The lowest BCUT2D eigenvalue weighted by molar-refractivity contribution is 0.0726. The molecule has 1 aromatic rings. The number of aliphatic hydroxyl groups is 1. The van der Waals surface area contributed by atoms with Gasteiger partial charge in [0, 0.05) is 12.4 Å². The van der Waals surface area contributed by atoms with E-state index in [4.69, 9.17) is 0 Å². The van der Waals surface area contributed by atoms with E-state index in [-0.39, 0.29) is 0 Å². The molecule has 0 aromatic carbocycles. The Balaban J connectivity index is 3.14. The Morgan fingerprint density at radius 2 is 1.82 bits per heavy atom. The minimum atomic E-state index is -0.891. The molecule has 60 valence electrons. The SMILES string of the molecule is Cc1nccnc1C(C)(C)O. The van der Waals surface area contributed by atoms with Gasteiger partial charge in [0.15, 0.2) is 0 Å². The Hall–Kier alpha value is -0.960. The van der Waals surface area contributed by atoms with Gasteiger partial charge in [0.25, 0.3) is 0 Å². The highest BCUT2D eigenvalue weighted by molar-refractivity contribution is 5.14. The standard InChI is InChI=1S/C8H12N2O/c1-6-7(8(2,3)11)10-5-4-9-6/h4-5,11H,1-3H3. The molecule has 1 aromatic heterocycles. The number of rotatable bonds is 1. The summed E-state index contributed by atoms with van der Waals surface area (Å²) in [5.74, 6) is 0. The number of aryl methyl sites for hydroxylation is 1. The van der Waals surface area contributed by atoms with Crippen LogP contribution in [0, 0.1) is 6.92 Å². The van der Waals surface area contributed by atoms with Crippen molar-refractivity contribution in [2.75, 3.05) is 0 Å². The van der Waals surface area contributed by atoms with E-state index in [1.807, 2.05) is 6.92 Å². The average Bonchev–Trinajstić information content (AvgIpc) is 1.86. The lowest BCUT2D eigenvalue weighted by atomic mass is 10.0. The lowest BCUT2D eigenvalue weighted by Gasteiger charge is -2.17. The van der Waals surface area contributed by atoms with E-state index in [1.54, 1.807) is 26.2 Å². The first-order valence-electron chi connectivity index (χ1n) is 3.52. The molecule has 0 saturated heterocycles. The van der Waals surface area contributed by atoms with Gasteiger partial charge in [0.2, 0.25) is 0 Å². The maximum atomic E-state index is 9.57. The van der Waals surface area contributed by atoms with Gasteiger partial charge >= 0.3 is 0 Å². The average molecular weight is 152 g/mol. The molecule has 0 bridgehead atoms. The zero-order chi connectivity index (χ0) is 8.48. The smallest absolute Gasteiger partial charge is 0.103 e. The van der Waals surface area contributed by atoms with Crippen molar-refractivity contribution in [2.45, 2.75) is 26.4 Å². The summed E-state index contributed by atoms with van der Waals surface area (Å²) in [5, 5.41) is 9.57. The van der Waals surface area contributed by atoms with E-state index in [0.717, 1.165) is 5.69 Å². The molecule has 0 atom stereocenters. The minimum absolute atomic E-state index is 0.639. The molecular formula is C8H12N2O. The van der Waals surface area contributed by atoms with Crippen molar-refractivity contribution < 1.29 is 5.11 Å². The highest BCUT2D eigenvalue weighted by Gasteiger charge is 2.19. The molecule has 0 fully saturated rings. The molecule has 1 N–H and O–H groups in total. The molecule has 0 aliphatic carbocycles. The van der Waals surface area contributed by atoms with E-state index < -0.39 is 5.60 Å². The van der Waals surface area contributed by atoms with Crippen LogP contribution in [0.5, 0.6) is 0 Å². The summed E-state index contributed by atoms with van der Waals surface area (Å²) in [4.78, 5) is 8.06. The highest BCUT2D eigenvalue weighted by Crippen LogP contribution is 2.18. The van der Waals surface area contributed by atoms with Gasteiger partial charge in [-0.2, -0.15) is 0 Å². The molecule has 0 spiro atoms. The molecule has 3 nitrogen and oxygen atoms in total. The van der Waals surface area contributed by atoms with Gasteiger partial charge in [-0.15, -0.1) is 0 Å². The van der Waals surface area contributed by atoms with Crippen molar-refractivity contribution >= 4 is 0 Å². The Labute approximate surface area is 66.1 Å². The van der Waals surface area contributed by atoms with Gasteiger partial charge in [-0.1, -0.05) is 0 Å². The van der Waals surface area contributed by atoms with Gasteiger partial charge in [-0.25, -0.2) is 0 Å². The minimum Gasteiger partial charge on any atom is -0.384 e. The largest absolute Gasteiger partial charge is 0.384 e. The molecule has 0 aliphatic heterocycles. The number of hydrogen-bond donors (Lipinski definition) is 1. The van der Waals surface area contributed by atoms with Crippen molar-refractivity contribution in [3.05, 3.63) is 23.8 Å². The van der Waals surface area contributed by atoms with Crippen molar-refractivity contribution in [3.8, 4) is 0 Å². The Bertz CT molecular complexity index is 253. The predicted octanol–water partition coefficient (Wildman–Crippen LogP) is 1.01. The van der Waals surface area contributed by atoms with E-state index >= 15 is 0 Å². The Morgan fingerprint density at radius 1 is 1.27 bits per heavy atom. The molecule has 0 radical (unpaired) electrons. The van der Waals surface area contributed by atoms with Crippen molar-refractivity contribution in [1.82, 2.24) is 9.97 Å². The highest BCUT2D eigenvalue weighted by atomic mass is 16.3. The molecule has 0 amide bonds. The topological polar surface area (TPSA) is 46.0 Å². The molecule has 1 rings (SSSR count). The quantitative estimate of drug-likeness (QED) is 0.653. The number of aromatic nitrogens is 2. The van der Waals surface area contributed by atoms with Gasteiger partial charge in [0.05, 0.1) is 11.4 Å². The first-order chi connectivity index (χ1) is 5.02. The summed E-state index contributed by atoms with van der Waals surface area (Å²) in [6.07, 6.45) is 3.20. The molecule has 1 heterocycles. The summed E-state index contributed by atoms with van der Waals surface area (Å²) in [7, 11) is 0. The fraction of sp³-hybridized carbons (Fsp3) is 0.500. The summed E-state index contributed by atoms with van der Waals surface area (Å²) < 4.78 is 0. The summed E-state index contributed by atoms with van der Waals surface area (Å²) in [5.41, 5.74) is 0.526. The van der Waals surface area contributed by atoms with Crippen LogP contribution in [-0.2, 0) is 5.60 Å². The second-order valence-electron chi connectivity index (χ2n) is 3.05. The van der Waals surface area contributed by atoms with E-state index in [9.17, 15) is 5.11 Å². The van der Waals surface area contributed by atoms with E-state index in [1.165, 1.54) is 0 Å². The molecule has 0 unspecified atom stereocenters. The van der Waals surface area contributed by atoms with Crippen molar-refractivity contribution in [2.24, 2.45) is 0 Å². The normalized spacial score (nSPS) is 11.6. The third kappa shape index (κ3) is 1.74. The van der Waals surface area contributed by atoms with Crippen LogP contribution in [0.25, 0.3) is 0 Å². The van der Waals surface area contributed by atoms with Gasteiger partial charge in [-0.3, -0.25) is 9.97 Å². The zero-order valence-electron chi connectivity index (χ0n) is 7.00. The van der Waals surface area contributed by atoms with Crippen LogP contribution in [0.3, 0.4) is 0 Å². The third-order valence-corrected chi connectivity index (χ3v) is 1.46. The van der Waals surface area contributed by atoms with Crippen LogP contribution in [0.1, 0.15) is 25.2 Å². The molecule has 11 heavy (non-hydrogen) atoms. The monoisotopic (exact) mass is 152 g/mol. The van der Waals surface area contributed by atoms with Gasteiger partial charge in [0.1, 0.15) is 5.60 Å². The van der Waals surface area contributed by atoms with Crippen LogP contribution < -0.4 is 0 Å². The summed E-state index contributed by atoms with van der Waals surface area (Å²) in [6, 6.07) is 0. The fourth-order valence-electron chi connectivity index (χ4n) is 1.01. The Morgan fingerprint density at radius 3 is 2.18 bits per heavy atom. The second kappa shape index (κ2) is 2.58. The maximum absolute atomic E-state index is 9.57. The van der Waals surface area contributed by atoms with Crippen LogP contribution in [0.2, 0.25) is 0 Å². The van der Waals surface area contributed by atoms with E-state index in [0.29, 0.717) is 5.69 Å². The second-order valence-corrected chi connectivity index (χ2v) is 3.05. The molecular weight excluding hydrogens is 140 g/mol. The van der Waals surface area contributed by atoms with Crippen LogP contribution in [0.4, 0.5) is 0 Å². The molecule has 0 aliphatic rings. The van der Waals surface area contributed by atoms with Crippen molar-refractivity contribution in [1.29, 1.82) is 0 Å².